The molecular formula is C19H20N4O. The van der Waals surface area contributed by atoms with Crippen molar-refractivity contribution >= 4 is 17.7 Å². The molecule has 5 heteroatoms. The fraction of sp³-hybridized carbons (Fsp3) is 0.316. The van der Waals surface area contributed by atoms with Gasteiger partial charge in [-0.2, -0.15) is 5.10 Å². The summed E-state index contributed by atoms with van der Waals surface area (Å²) in [5, 5.41) is 4.05. The Morgan fingerprint density at radius 3 is 2.62 bits per heavy atom. The molecule has 1 aliphatic carbocycles. The Bertz CT molecular complexity index is 814. The van der Waals surface area contributed by atoms with Crippen LogP contribution in [0.4, 0.5) is 0 Å². The number of hydrogen-bond acceptors (Lipinski definition) is 3. The van der Waals surface area contributed by atoms with Crippen molar-refractivity contribution in [3.05, 3.63) is 53.6 Å². The molecular weight excluding hydrogens is 300 g/mol. The van der Waals surface area contributed by atoms with Gasteiger partial charge in [-0.3, -0.25) is 4.79 Å². The number of benzene rings is 1. The van der Waals surface area contributed by atoms with Crippen LogP contribution in [0.25, 0.3) is 11.8 Å². The molecule has 1 N–H and O–H groups in total. The van der Waals surface area contributed by atoms with Crippen LogP contribution in [-0.4, -0.2) is 21.2 Å². The summed E-state index contributed by atoms with van der Waals surface area (Å²) in [4.78, 5) is 15.6. The maximum absolute atomic E-state index is 11.1. The SMILES string of the molecule is O=C1CCC(C=Cc2ccc(-n3cnc4c3CCCC4)cc2)=NN1. The molecule has 0 spiro atoms. The first-order valence-corrected chi connectivity index (χ1v) is 8.48. The number of hydrazone groups is 1. The number of hydrogen-bond donors (Lipinski definition) is 1. The van der Waals surface area contributed by atoms with Crippen LogP contribution in [0.2, 0.25) is 0 Å². The Kier molecular flexibility index (Phi) is 3.99. The van der Waals surface area contributed by atoms with E-state index in [1.165, 1.54) is 24.2 Å². The van der Waals surface area contributed by atoms with Crippen LogP contribution < -0.4 is 5.43 Å². The number of allylic oxidation sites excluding steroid dienone is 1. The highest BCUT2D eigenvalue weighted by atomic mass is 16.2. The molecule has 0 radical (unpaired) electrons. The third-order valence-corrected chi connectivity index (χ3v) is 4.60. The molecule has 0 fully saturated rings. The Labute approximate surface area is 141 Å². The molecule has 0 saturated carbocycles. The smallest absolute Gasteiger partial charge is 0.240 e. The second kappa shape index (κ2) is 6.43. The molecule has 0 atom stereocenters. The molecule has 4 rings (SSSR count). The maximum Gasteiger partial charge on any atom is 0.240 e. The number of imidazole rings is 1. The van der Waals surface area contributed by atoms with E-state index in [1.54, 1.807) is 0 Å². The molecule has 5 nitrogen and oxygen atoms in total. The highest BCUT2D eigenvalue weighted by Gasteiger charge is 2.15. The van der Waals surface area contributed by atoms with E-state index in [9.17, 15) is 4.79 Å². The predicted molar refractivity (Wildman–Crippen MR) is 94.1 cm³/mol. The minimum atomic E-state index is -0.0137. The molecule has 0 unspecified atom stereocenters. The van der Waals surface area contributed by atoms with Crippen molar-refractivity contribution in [2.45, 2.75) is 38.5 Å². The number of nitrogens with zero attached hydrogens (tertiary/aromatic N) is 3. The first kappa shape index (κ1) is 14.9. The molecule has 2 aliphatic rings. The minimum absolute atomic E-state index is 0.0137. The van der Waals surface area contributed by atoms with Crippen LogP contribution >= 0.6 is 0 Å². The predicted octanol–water partition coefficient (Wildman–Crippen LogP) is 3.03. The lowest BCUT2D eigenvalue weighted by atomic mass is 10.0. The van der Waals surface area contributed by atoms with Gasteiger partial charge in [0.15, 0.2) is 0 Å². The highest BCUT2D eigenvalue weighted by molar-refractivity contribution is 6.02. The summed E-state index contributed by atoms with van der Waals surface area (Å²) in [5.74, 6) is -0.0137. The van der Waals surface area contributed by atoms with Crippen LogP contribution in [0, 0.1) is 0 Å². The Morgan fingerprint density at radius 2 is 1.83 bits per heavy atom. The molecule has 2 aromatic rings. The van der Waals surface area contributed by atoms with Crippen molar-refractivity contribution < 1.29 is 4.79 Å². The lowest BCUT2D eigenvalue weighted by molar-refractivity contribution is -0.121. The quantitative estimate of drug-likeness (QED) is 0.945. The van der Waals surface area contributed by atoms with E-state index >= 15 is 0 Å². The third kappa shape index (κ3) is 3.02. The van der Waals surface area contributed by atoms with Crippen molar-refractivity contribution in [3.8, 4) is 5.69 Å². The standard InChI is InChI=1S/C19H20N4O/c24-19-12-9-15(21-22-19)8-5-14-6-10-16(11-7-14)23-13-20-17-3-1-2-4-18(17)23/h5-8,10-11,13H,1-4,9,12H2,(H,22,24). The zero-order chi connectivity index (χ0) is 16.4. The lowest BCUT2D eigenvalue weighted by Gasteiger charge is -2.14. The first-order valence-electron chi connectivity index (χ1n) is 8.48. The summed E-state index contributed by atoms with van der Waals surface area (Å²) < 4.78 is 2.21. The summed E-state index contributed by atoms with van der Waals surface area (Å²) >= 11 is 0. The number of amides is 1. The van der Waals surface area contributed by atoms with Crippen LogP contribution in [0.5, 0.6) is 0 Å². The lowest BCUT2D eigenvalue weighted by Crippen LogP contribution is -2.24. The van der Waals surface area contributed by atoms with E-state index in [4.69, 9.17) is 0 Å². The fourth-order valence-corrected chi connectivity index (χ4v) is 3.24. The average Bonchev–Trinajstić information content (AvgIpc) is 3.06. The average molecular weight is 320 g/mol. The third-order valence-electron chi connectivity index (χ3n) is 4.60. The van der Waals surface area contributed by atoms with E-state index in [-0.39, 0.29) is 5.91 Å². The molecule has 0 bridgehead atoms. The minimum Gasteiger partial charge on any atom is -0.303 e. The molecule has 1 aromatic carbocycles. The van der Waals surface area contributed by atoms with Crippen LogP contribution in [0.1, 0.15) is 42.6 Å². The summed E-state index contributed by atoms with van der Waals surface area (Å²) in [6.07, 6.45) is 11.9. The summed E-state index contributed by atoms with van der Waals surface area (Å²) in [7, 11) is 0. The molecule has 122 valence electrons. The van der Waals surface area contributed by atoms with Gasteiger partial charge in [-0.15, -0.1) is 0 Å². The normalized spacial score (nSPS) is 17.5. The molecule has 1 aliphatic heterocycles. The number of aryl methyl sites for hydroxylation is 1. The number of nitrogens with one attached hydrogen (secondary N) is 1. The van der Waals surface area contributed by atoms with Gasteiger partial charge in [0.2, 0.25) is 5.91 Å². The monoisotopic (exact) mass is 320 g/mol. The van der Waals surface area contributed by atoms with Gasteiger partial charge in [0, 0.05) is 24.2 Å². The van der Waals surface area contributed by atoms with Crippen LogP contribution in [0.3, 0.4) is 0 Å². The van der Waals surface area contributed by atoms with Gasteiger partial charge < -0.3 is 4.57 Å². The highest BCUT2D eigenvalue weighted by Crippen LogP contribution is 2.23. The Hall–Kier alpha value is -2.69. The maximum atomic E-state index is 11.1. The van der Waals surface area contributed by atoms with Crippen LogP contribution in [0.15, 0.2) is 41.8 Å². The Morgan fingerprint density at radius 1 is 1.00 bits per heavy atom. The zero-order valence-electron chi connectivity index (χ0n) is 13.5. The summed E-state index contributed by atoms with van der Waals surface area (Å²) in [6.45, 7) is 0. The van der Waals surface area contributed by atoms with Gasteiger partial charge in [0.25, 0.3) is 0 Å². The van der Waals surface area contributed by atoms with E-state index < -0.39 is 0 Å². The van der Waals surface area contributed by atoms with Crippen molar-refractivity contribution in [3.63, 3.8) is 0 Å². The van der Waals surface area contributed by atoms with E-state index in [0.717, 1.165) is 29.8 Å². The van der Waals surface area contributed by atoms with Crippen LogP contribution in [-0.2, 0) is 17.6 Å². The molecule has 0 saturated heterocycles. The van der Waals surface area contributed by atoms with Gasteiger partial charge in [-0.25, -0.2) is 10.4 Å². The van der Waals surface area contributed by atoms with Gasteiger partial charge in [0.1, 0.15) is 0 Å². The van der Waals surface area contributed by atoms with Gasteiger partial charge in [-0.05, 0) is 49.5 Å². The molecule has 1 aromatic heterocycles. The largest absolute Gasteiger partial charge is 0.303 e. The second-order valence-electron chi connectivity index (χ2n) is 6.28. The second-order valence-corrected chi connectivity index (χ2v) is 6.28. The number of carbonyl (C=O) groups excluding carboxylic acids is 1. The number of aromatic nitrogens is 2. The summed E-state index contributed by atoms with van der Waals surface area (Å²) in [5.41, 5.74) is 8.30. The van der Waals surface area contributed by atoms with E-state index in [2.05, 4.69) is 44.3 Å². The first-order chi connectivity index (χ1) is 11.8. The molecule has 24 heavy (non-hydrogen) atoms. The van der Waals surface area contributed by atoms with Gasteiger partial charge >= 0.3 is 0 Å². The zero-order valence-corrected chi connectivity index (χ0v) is 13.5. The molecule has 2 heterocycles. The fourth-order valence-electron chi connectivity index (χ4n) is 3.24. The van der Waals surface area contributed by atoms with Crippen molar-refractivity contribution in [1.29, 1.82) is 0 Å². The van der Waals surface area contributed by atoms with Gasteiger partial charge in [0.05, 0.1) is 17.7 Å². The van der Waals surface area contributed by atoms with Crippen molar-refractivity contribution in [2.75, 3.05) is 0 Å². The molecule has 1 amide bonds. The Balaban J connectivity index is 1.51. The van der Waals surface area contributed by atoms with Crippen molar-refractivity contribution in [2.24, 2.45) is 5.10 Å². The number of carbonyl (C=O) groups is 1. The topological polar surface area (TPSA) is 59.3 Å². The number of rotatable bonds is 3. The summed E-state index contributed by atoms with van der Waals surface area (Å²) in [6, 6.07) is 8.45. The number of fused-ring (bicyclic) bond motifs is 1. The van der Waals surface area contributed by atoms with Crippen molar-refractivity contribution in [1.82, 2.24) is 15.0 Å². The van der Waals surface area contributed by atoms with Gasteiger partial charge in [-0.1, -0.05) is 18.2 Å². The van der Waals surface area contributed by atoms with E-state index in [0.29, 0.717) is 12.8 Å². The van der Waals surface area contributed by atoms with E-state index in [1.807, 2.05) is 18.5 Å².